The monoisotopic (exact) mass is 348 g/mol. The van der Waals surface area contributed by atoms with Gasteiger partial charge in [-0.1, -0.05) is 35.9 Å². The fourth-order valence-corrected chi connectivity index (χ4v) is 3.88. The molecule has 1 heterocycles. The van der Waals surface area contributed by atoms with Crippen molar-refractivity contribution in [1.82, 2.24) is 10.3 Å². The van der Waals surface area contributed by atoms with Crippen LogP contribution in [0.3, 0.4) is 0 Å². The predicted molar refractivity (Wildman–Crippen MR) is 104 cm³/mol. The van der Waals surface area contributed by atoms with Crippen molar-refractivity contribution in [2.75, 3.05) is 6.61 Å². The third-order valence-electron chi connectivity index (χ3n) is 5.15. The topological polar surface area (TPSA) is 54.1 Å². The van der Waals surface area contributed by atoms with Gasteiger partial charge in [0.05, 0.1) is 0 Å². The number of aryl methyl sites for hydroxylation is 3. The molecule has 4 heteroatoms. The van der Waals surface area contributed by atoms with Crippen LogP contribution in [0.15, 0.2) is 42.5 Å². The van der Waals surface area contributed by atoms with Crippen LogP contribution in [0.4, 0.5) is 0 Å². The number of nitrogens with one attached hydrogen (secondary N) is 2. The lowest BCUT2D eigenvalue weighted by molar-refractivity contribution is -0.123. The molecule has 134 valence electrons. The number of carbonyl (C=O) groups is 1. The Morgan fingerprint density at radius 2 is 2.08 bits per heavy atom. The summed E-state index contributed by atoms with van der Waals surface area (Å²) in [6.45, 7) is 4.10. The van der Waals surface area contributed by atoms with Crippen LogP contribution < -0.4 is 10.1 Å². The van der Waals surface area contributed by atoms with E-state index < -0.39 is 0 Å². The third-order valence-corrected chi connectivity index (χ3v) is 5.15. The van der Waals surface area contributed by atoms with Crippen LogP contribution in [0.5, 0.6) is 5.75 Å². The minimum atomic E-state index is -0.0606. The molecule has 4 rings (SSSR count). The maximum atomic E-state index is 12.3. The highest BCUT2D eigenvalue weighted by molar-refractivity contribution is 5.85. The molecule has 0 spiro atoms. The normalized spacial score (nSPS) is 16.3. The number of H-pyrrole nitrogens is 1. The Morgan fingerprint density at radius 3 is 2.92 bits per heavy atom. The van der Waals surface area contributed by atoms with Gasteiger partial charge in [0.1, 0.15) is 5.75 Å². The van der Waals surface area contributed by atoms with Crippen molar-refractivity contribution < 1.29 is 9.53 Å². The number of aromatic nitrogens is 1. The first-order valence-electron chi connectivity index (χ1n) is 9.18. The van der Waals surface area contributed by atoms with Gasteiger partial charge in [-0.3, -0.25) is 4.79 Å². The zero-order valence-electron chi connectivity index (χ0n) is 15.3. The van der Waals surface area contributed by atoms with Gasteiger partial charge in [0.2, 0.25) is 0 Å². The summed E-state index contributed by atoms with van der Waals surface area (Å²) < 4.78 is 5.69. The van der Waals surface area contributed by atoms with Crippen molar-refractivity contribution in [3.8, 4) is 5.75 Å². The Kier molecular flexibility index (Phi) is 4.41. The summed E-state index contributed by atoms with van der Waals surface area (Å²) in [5.41, 5.74) is 6.08. The van der Waals surface area contributed by atoms with E-state index in [-0.39, 0.29) is 18.6 Å². The quantitative estimate of drug-likeness (QED) is 0.753. The number of amides is 1. The molecule has 3 aromatic rings. The van der Waals surface area contributed by atoms with Gasteiger partial charge in [0, 0.05) is 29.1 Å². The molecule has 0 radical (unpaired) electrons. The molecule has 2 aromatic carbocycles. The summed E-state index contributed by atoms with van der Waals surface area (Å²) in [5.74, 6) is 0.710. The molecule has 2 N–H and O–H groups in total. The number of hydrogen-bond acceptors (Lipinski definition) is 2. The molecule has 0 bridgehead atoms. The number of rotatable bonds is 4. The smallest absolute Gasteiger partial charge is 0.258 e. The van der Waals surface area contributed by atoms with Gasteiger partial charge in [0.25, 0.3) is 5.91 Å². The van der Waals surface area contributed by atoms with Gasteiger partial charge in [-0.15, -0.1) is 0 Å². The van der Waals surface area contributed by atoms with Crippen LogP contribution in [0.25, 0.3) is 10.9 Å². The summed E-state index contributed by atoms with van der Waals surface area (Å²) in [4.78, 5) is 15.8. The highest BCUT2D eigenvalue weighted by Crippen LogP contribution is 2.29. The van der Waals surface area contributed by atoms with Crippen molar-refractivity contribution in [3.05, 3.63) is 64.8 Å². The molecule has 26 heavy (non-hydrogen) atoms. The Bertz CT molecular complexity index is 958. The number of fused-ring (bicyclic) bond motifs is 3. The van der Waals surface area contributed by atoms with E-state index >= 15 is 0 Å². The second-order valence-electron chi connectivity index (χ2n) is 7.19. The Labute approximate surface area is 153 Å². The zero-order chi connectivity index (χ0) is 18.1. The largest absolute Gasteiger partial charge is 0.484 e. The molecule has 1 amide bonds. The summed E-state index contributed by atoms with van der Waals surface area (Å²) in [6, 6.07) is 14.5. The Hall–Kier alpha value is -2.75. The van der Waals surface area contributed by atoms with Crippen molar-refractivity contribution >= 4 is 16.8 Å². The SMILES string of the molecule is Cc1ccc(OCC(=O)NC2CCc3c([nH]c4ccccc34)C2)c(C)c1. The van der Waals surface area contributed by atoms with Crippen LogP contribution in [-0.4, -0.2) is 23.5 Å². The van der Waals surface area contributed by atoms with Gasteiger partial charge >= 0.3 is 0 Å². The minimum Gasteiger partial charge on any atom is -0.484 e. The highest BCUT2D eigenvalue weighted by Gasteiger charge is 2.23. The summed E-state index contributed by atoms with van der Waals surface area (Å²) in [6.07, 6.45) is 2.80. The fraction of sp³-hybridized carbons (Fsp3) is 0.318. The highest BCUT2D eigenvalue weighted by atomic mass is 16.5. The van der Waals surface area contributed by atoms with E-state index in [2.05, 4.69) is 34.6 Å². The first-order chi connectivity index (χ1) is 12.6. The maximum absolute atomic E-state index is 12.3. The number of aromatic amines is 1. The molecule has 1 unspecified atom stereocenters. The van der Waals surface area contributed by atoms with Crippen molar-refractivity contribution in [2.45, 2.75) is 39.2 Å². The van der Waals surface area contributed by atoms with Gasteiger partial charge in [0.15, 0.2) is 6.61 Å². The molecule has 1 aliphatic rings. The van der Waals surface area contributed by atoms with Crippen molar-refractivity contribution in [1.29, 1.82) is 0 Å². The first-order valence-corrected chi connectivity index (χ1v) is 9.18. The predicted octanol–water partition coefficient (Wildman–Crippen LogP) is 3.84. The lowest BCUT2D eigenvalue weighted by Crippen LogP contribution is -2.41. The van der Waals surface area contributed by atoms with E-state index in [9.17, 15) is 4.79 Å². The second-order valence-corrected chi connectivity index (χ2v) is 7.19. The summed E-state index contributed by atoms with van der Waals surface area (Å²) in [7, 11) is 0. The average molecular weight is 348 g/mol. The second kappa shape index (κ2) is 6.87. The summed E-state index contributed by atoms with van der Waals surface area (Å²) in [5, 5.41) is 4.43. The molecule has 0 saturated heterocycles. The molecule has 1 aromatic heterocycles. The van der Waals surface area contributed by atoms with Crippen LogP contribution in [-0.2, 0) is 17.6 Å². The molecule has 1 aliphatic carbocycles. The summed E-state index contributed by atoms with van der Waals surface area (Å²) >= 11 is 0. The Morgan fingerprint density at radius 1 is 1.23 bits per heavy atom. The van der Waals surface area contributed by atoms with E-state index in [1.54, 1.807) is 0 Å². The third kappa shape index (κ3) is 3.32. The van der Waals surface area contributed by atoms with E-state index in [0.717, 1.165) is 30.6 Å². The fourth-order valence-electron chi connectivity index (χ4n) is 3.88. The molecular weight excluding hydrogens is 324 g/mol. The minimum absolute atomic E-state index is 0.0555. The first kappa shape index (κ1) is 16.7. The van der Waals surface area contributed by atoms with E-state index in [0.29, 0.717) is 0 Å². The standard InChI is InChI=1S/C22H24N2O2/c1-14-7-10-21(15(2)11-14)26-13-22(25)23-16-8-9-18-17-5-3-4-6-19(17)24-20(18)12-16/h3-7,10-11,16,24H,8-9,12-13H2,1-2H3,(H,23,25). The van der Waals surface area contributed by atoms with Crippen LogP contribution in [0, 0.1) is 13.8 Å². The lowest BCUT2D eigenvalue weighted by Gasteiger charge is -2.23. The van der Waals surface area contributed by atoms with E-state index in [1.807, 2.05) is 32.0 Å². The van der Waals surface area contributed by atoms with Gasteiger partial charge in [-0.2, -0.15) is 0 Å². The van der Waals surface area contributed by atoms with E-state index in [4.69, 9.17) is 4.74 Å². The number of carbonyl (C=O) groups excluding carboxylic acids is 1. The molecule has 0 saturated carbocycles. The molecule has 0 aliphatic heterocycles. The van der Waals surface area contributed by atoms with Gasteiger partial charge in [-0.05, 0) is 49.9 Å². The number of hydrogen-bond donors (Lipinski definition) is 2. The van der Waals surface area contributed by atoms with Crippen LogP contribution in [0.2, 0.25) is 0 Å². The van der Waals surface area contributed by atoms with E-state index in [1.165, 1.54) is 27.7 Å². The number of para-hydroxylation sites is 1. The average Bonchev–Trinajstić information content (AvgIpc) is 2.98. The number of ether oxygens (including phenoxy) is 1. The van der Waals surface area contributed by atoms with Crippen LogP contribution in [0.1, 0.15) is 28.8 Å². The Balaban J connectivity index is 1.36. The van der Waals surface area contributed by atoms with Gasteiger partial charge in [-0.25, -0.2) is 0 Å². The number of benzene rings is 2. The molecule has 1 atom stereocenters. The molecule has 4 nitrogen and oxygen atoms in total. The lowest BCUT2D eigenvalue weighted by atomic mass is 9.92. The van der Waals surface area contributed by atoms with Gasteiger partial charge < -0.3 is 15.0 Å². The van der Waals surface area contributed by atoms with Crippen LogP contribution >= 0.6 is 0 Å². The molecular formula is C22H24N2O2. The van der Waals surface area contributed by atoms with Crippen molar-refractivity contribution in [2.24, 2.45) is 0 Å². The maximum Gasteiger partial charge on any atom is 0.258 e. The molecule has 0 fully saturated rings. The van der Waals surface area contributed by atoms with Crippen molar-refractivity contribution in [3.63, 3.8) is 0 Å². The zero-order valence-corrected chi connectivity index (χ0v) is 15.3.